The van der Waals surface area contributed by atoms with E-state index in [2.05, 4.69) is 28.9 Å². The smallest absolute Gasteiger partial charge is 0.145 e. The highest BCUT2D eigenvalue weighted by molar-refractivity contribution is 9.09. The molecule has 0 fully saturated rings. The third-order valence-electron chi connectivity index (χ3n) is 3.40. The molecule has 0 aromatic heterocycles. The van der Waals surface area contributed by atoms with Gasteiger partial charge in [-0.2, -0.15) is 0 Å². The van der Waals surface area contributed by atoms with Gasteiger partial charge in [-0.25, -0.2) is 0 Å². The Morgan fingerprint density at radius 3 is 2.50 bits per heavy atom. The monoisotopic (exact) mass is 384 g/mol. The van der Waals surface area contributed by atoms with Crippen LogP contribution in [0.5, 0.6) is 11.5 Å². The van der Waals surface area contributed by atoms with Gasteiger partial charge in [-0.1, -0.05) is 58.7 Å². The average Bonchev–Trinajstić information content (AvgIpc) is 2.54. The molecule has 2 aromatic carbocycles. The summed E-state index contributed by atoms with van der Waals surface area (Å²) in [5.74, 6) is 1.59. The lowest BCUT2D eigenvalue weighted by atomic mass is 10.1. The third kappa shape index (κ3) is 4.53. The molecule has 0 atom stereocenters. The molecule has 0 aliphatic carbocycles. The molecule has 0 saturated carbocycles. The van der Waals surface area contributed by atoms with Crippen molar-refractivity contribution in [2.75, 3.05) is 18.5 Å². The Kier molecular flexibility index (Phi) is 7.34. The molecule has 120 valence electrons. The predicted octanol–water partition coefficient (Wildman–Crippen LogP) is 6.23. The predicted molar refractivity (Wildman–Crippen MR) is 97.9 cm³/mol. The number of rotatable bonds is 9. The highest BCUT2D eigenvalue weighted by atomic mass is 79.9. The molecule has 0 bridgehead atoms. The van der Waals surface area contributed by atoms with Crippen LogP contribution in [0.2, 0.25) is 5.02 Å². The molecule has 0 N–H and O–H groups in total. The van der Waals surface area contributed by atoms with Crippen LogP contribution in [0.25, 0.3) is 10.8 Å². The Balaban J connectivity index is 2.20. The first-order valence-corrected chi connectivity index (χ1v) is 9.30. The number of hydrogen-bond acceptors (Lipinski definition) is 2. The van der Waals surface area contributed by atoms with Crippen LogP contribution in [-0.2, 0) is 0 Å². The SMILES string of the molecule is CCCOc1c(Cl)cc(OCCCCCBr)c2ccccc12. The molecule has 0 radical (unpaired) electrons. The van der Waals surface area contributed by atoms with E-state index in [1.165, 1.54) is 6.42 Å². The van der Waals surface area contributed by atoms with Gasteiger partial charge in [0.15, 0.2) is 0 Å². The van der Waals surface area contributed by atoms with Gasteiger partial charge in [0.1, 0.15) is 11.5 Å². The second-order valence-electron chi connectivity index (χ2n) is 5.18. The quantitative estimate of drug-likeness (QED) is 0.376. The summed E-state index contributed by atoms with van der Waals surface area (Å²) in [6.07, 6.45) is 4.34. The lowest BCUT2D eigenvalue weighted by molar-refractivity contribution is 0.307. The van der Waals surface area contributed by atoms with Crippen molar-refractivity contribution in [1.29, 1.82) is 0 Å². The van der Waals surface area contributed by atoms with Crippen molar-refractivity contribution in [3.05, 3.63) is 35.4 Å². The van der Waals surface area contributed by atoms with Crippen LogP contribution in [0.15, 0.2) is 30.3 Å². The van der Waals surface area contributed by atoms with Gasteiger partial charge in [0.2, 0.25) is 0 Å². The van der Waals surface area contributed by atoms with Crippen molar-refractivity contribution < 1.29 is 9.47 Å². The summed E-state index contributed by atoms with van der Waals surface area (Å²) in [5.41, 5.74) is 0. The van der Waals surface area contributed by atoms with Gasteiger partial charge in [-0.05, 0) is 25.7 Å². The minimum absolute atomic E-state index is 0.614. The van der Waals surface area contributed by atoms with Crippen LogP contribution in [-0.4, -0.2) is 18.5 Å². The van der Waals surface area contributed by atoms with Gasteiger partial charge < -0.3 is 9.47 Å². The van der Waals surface area contributed by atoms with Crippen LogP contribution >= 0.6 is 27.5 Å². The first-order chi connectivity index (χ1) is 10.8. The van der Waals surface area contributed by atoms with Gasteiger partial charge in [-0.15, -0.1) is 0 Å². The molecule has 0 unspecified atom stereocenters. The third-order valence-corrected chi connectivity index (χ3v) is 4.24. The van der Waals surface area contributed by atoms with Crippen molar-refractivity contribution in [2.45, 2.75) is 32.6 Å². The van der Waals surface area contributed by atoms with Crippen molar-refractivity contribution >= 4 is 38.3 Å². The summed E-state index contributed by atoms with van der Waals surface area (Å²) in [7, 11) is 0. The first-order valence-electron chi connectivity index (χ1n) is 7.80. The van der Waals surface area contributed by atoms with E-state index in [4.69, 9.17) is 21.1 Å². The maximum atomic E-state index is 6.40. The van der Waals surface area contributed by atoms with Crippen LogP contribution in [0.1, 0.15) is 32.6 Å². The zero-order valence-corrected chi connectivity index (χ0v) is 15.3. The molecule has 2 rings (SSSR count). The summed E-state index contributed by atoms with van der Waals surface area (Å²) in [4.78, 5) is 0. The van der Waals surface area contributed by atoms with Crippen molar-refractivity contribution in [3.63, 3.8) is 0 Å². The molecular weight excluding hydrogens is 364 g/mol. The zero-order valence-electron chi connectivity index (χ0n) is 12.9. The molecule has 0 heterocycles. The Morgan fingerprint density at radius 1 is 1.00 bits per heavy atom. The largest absolute Gasteiger partial charge is 0.493 e. The average molecular weight is 386 g/mol. The minimum atomic E-state index is 0.614. The molecule has 0 aliphatic rings. The van der Waals surface area contributed by atoms with Gasteiger partial charge in [0, 0.05) is 22.2 Å². The van der Waals surface area contributed by atoms with E-state index in [0.717, 1.165) is 46.9 Å². The van der Waals surface area contributed by atoms with Gasteiger partial charge >= 0.3 is 0 Å². The second kappa shape index (κ2) is 9.26. The zero-order chi connectivity index (χ0) is 15.8. The summed E-state index contributed by atoms with van der Waals surface area (Å²) in [6, 6.07) is 9.97. The van der Waals surface area contributed by atoms with E-state index in [-0.39, 0.29) is 0 Å². The summed E-state index contributed by atoms with van der Waals surface area (Å²) < 4.78 is 11.8. The molecule has 0 saturated heterocycles. The molecule has 22 heavy (non-hydrogen) atoms. The summed E-state index contributed by atoms with van der Waals surface area (Å²) in [5, 5.41) is 3.73. The fourth-order valence-electron chi connectivity index (χ4n) is 2.31. The van der Waals surface area contributed by atoms with E-state index < -0.39 is 0 Å². The molecule has 2 aromatic rings. The highest BCUT2D eigenvalue weighted by Crippen LogP contribution is 2.39. The summed E-state index contributed by atoms with van der Waals surface area (Å²) in [6.45, 7) is 3.46. The molecule has 0 amide bonds. The first kappa shape index (κ1) is 17.4. The molecular formula is C18H22BrClO2. The van der Waals surface area contributed by atoms with Gasteiger partial charge in [-0.3, -0.25) is 0 Å². The van der Waals surface area contributed by atoms with Crippen molar-refractivity contribution in [3.8, 4) is 11.5 Å². The standard InChI is InChI=1S/C18H22BrClO2/c1-2-11-22-18-15-9-5-4-8-14(15)17(13-16(18)20)21-12-7-3-6-10-19/h4-5,8-9,13H,2-3,6-7,10-12H2,1H3. The maximum absolute atomic E-state index is 6.40. The minimum Gasteiger partial charge on any atom is -0.493 e. The fourth-order valence-corrected chi connectivity index (χ4v) is 2.96. The van der Waals surface area contributed by atoms with Crippen LogP contribution in [0, 0.1) is 0 Å². The van der Waals surface area contributed by atoms with E-state index >= 15 is 0 Å². The molecule has 2 nitrogen and oxygen atoms in total. The second-order valence-corrected chi connectivity index (χ2v) is 6.38. The topological polar surface area (TPSA) is 18.5 Å². The van der Waals surface area contributed by atoms with Gasteiger partial charge in [0.25, 0.3) is 0 Å². The Morgan fingerprint density at radius 2 is 1.77 bits per heavy atom. The van der Waals surface area contributed by atoms with Crippen LogP contribution in [0.4, 0.5) is 0 Å². The Hall–Kier alpha value is -0.930. The van der Waals surface area contributed by atoms with Gasteiger partial charge in [0.05, 0.1) is 18.2 Å². The number of alkyl halides is 1. The normalized spacial score (nSPS) is 10.9. The Labute approximate surface area is 145 Å². The molecule has 0 spiro atoms. The van der Waals surface area contributed by atoms with Crippen LogP contribution in [0.3, 0.4) is 0 Å². The fraction of sp³-hybridized carbons (Fsp3) is 0.444. The maximum Gasteiger partial charge on any atom is 0.145 e. The van der Waals surface area contributed by atoms with E-state index in [0.29, 0.717) is 18.2 Å². The molecule has 4 heteroatoms. The van der Waals surface area contributed by atoms with Crippen molar-refractivity contribution in [1.82, 2.24) is 0 Å². The number of hydrogen-bond donors (Lipinski definition) is 0. The highest BCUT2D eigenvalue weighted by Gasteiger charge is 2.12. The van der Waals surface area contributed by atoms with Crippen molar-refractivity contribution in [2.24, 2.45) is 0 Å². The lowest BCUT2D eigenvalue weighted by Gasteiger charge is -2.15. The number of unbranched alkanes of at least 4 members (excludes halogenated alkanes) is 2. The van der Waals surface area contributed by atoms with E-state index in [9.17, 15) is 0 Å². The number of halogens is 2. The van der Waals surface area contributed by atoms with Crippen LogP contribution < -0.4 is 9.47 Å². The lowest BCUT2D eigenvalue weighted by Crippen LogP contribution is -2.00. The number of fused-ring (bicyclic) bond motifs is 1. The Bertz CT molecular complexity index is 601. The molecule has 0 aliphatic heterocycles. The number of benzene rings is 2. The summed E-state index contributed by atoms with van der Waals surface area (Å²) >= 11 is 9.84. The van der Waals surface area contributed by atoms with E-state index in [1.54, 1.807) is 0 Å². The number of ether oxygens (including phenoxy) is 2. The van der Waals surface area contributed by atoms with E-state index in [1.807, 2.05) is 24.3 Å².